The zero-order chi connectivity index (χ0) is 13.9. The first-order chi connectivity index (χ1) is 8.24. The molecule has 0 aromatic heterocycles. The highest BCUT2D eigenvalue weighted by Crippen LogP contribution is 2.29. The molecular formula is C14H21NO3. The number of carbonyl (C=O) groups is 1. The number of hydrogen-bond donors (Lipinski definition) is 1. The maximum atomic E-state index is 11.7. The van der Waals surface area contributed by atoms with Crippen molar-refractivity contribution in [2.45, 2.75) is 40.2 Å². The van der Waals surface area contributed by atoms with Gasteiger partial charge in [0.05, 0.1) is 12.8 Å². The molecule has 0 radical (unpaired) electrons. The minimum absolute atomic E-state index is 0.462. The van der Waals surface area contributed by atoms with E-state index >= 15 is 0 Å². The Morgan fingerprint density at radius 2 is 1.83 bits per heavy atom. The molecule has 0 unspecified atom stereocenters. The van der Waals surface area contributed by atoms with Crippen molar-refractivity contribution in [1.29, 1.82) is 0 Å². The molecule has 0 aliphatic heterocycles. The summed E-state index contributed by atoms with van der Waals surface area (Å²) in [6.07, 6.45) is -0.462. The number of hydrogen-bond acceptors (Lipinski definition) is 3. The molecule has 0 aliphatic rings. The van der Waals surface area contributed by atoms with Crippen LogP contribution in [0.4, 0.5) is 10.5 Å². The van der Waals surface area contributed by atoms with Crippen LogP contribution in [0, 0.1) is 13.8 Å². The topological polar surface area (TPSA) is 47.6 Å². The Hall–Kier alpha value is -1.71. The SMILES string of the molecule is COc1c(C)ccc(NC(=O)OC(C)(C)C)c1C. The minimum Gasteiger partial charge on any atom is -0.496 e. The van der Waals surface area contributed by atoms with Crippen molar-refractivity contribution in [3.63, 3.8) is 0 Å². The van der Waals surface area contributed by atoms with E-state index in [4.69, 9.17) is 9.47 Å². The second kappa shape index (κ2) is 5.29. The number of nitrogens with one attached hydrogen (secondary N) is 1. The lowest BCUT2D eigenvalue weighted by atomic mass is 10.1. The third kappa shape index (κ3) is 3.65. The van der Waals surface area contributed by atoms with E-state index in [-0.39, 0.29) is 0 Å². The molecule has 0 bridgehead atoms. The molecule has 1 N–H and O–H groups in total. The van der Waals surface area contributed by atoms with Gasteiger partial charge in [-0.25, -0.2) is 4.79 Å². The van der Waals surface area contributed by atoms with E-state index < -0.39 is 11.7 Å². The number of rotatable bonds is 2. The molecule has 0 fully saturated rings. The lowest BCUT2D eigenvalue weighted by Crippen LogP contribution is -2.27. The highest BCUT2D eigenvalue weighted by atomic mass is 16.6. The molecule has 4 heteroatoms. The Balaban J connectivity index is 2.89. The standard InChI is InChI=1S/C14H21NO3/c1-9-7-8-11(10(2)12(9)17-6)15-13(16)18-14(3,4)5/h7-8H,1-6H3,(H,15,16). The van der Waals surface area contributed by atoms with Gasteiger partial charge in [-0.1, -0.05) is 6.07 Å². The zero-order valence-corrected chi connectivity index (χ0v) is 11.9. The fourth-order valence-corrected chi connectivity index (χ4v) is 1.69. The van der Waals surface area contributed by atoms with Gasteiger partial charge in [-0.15, -0.1) is 0 Å². The van der Waals surface area contributed by atoms with Crippen molar-refractivity contribution in [3.8, 4) is 5.75 Å². The maximum absolute atomic E-state index is 11.7. The van der Waals surface area contributed by atoms with Crippen LogP contribution in [0.1, 0.15) is 31.9 Å². The Kier molecular flexibility index (Phi) is 4.22. The monoisotopic (exact) mass is 251 g/mol. The normalized spacial score (nSPS) is 11.0. The zero-order valence-electron chi connectivity index (χ0n) is 11.9. The van der Waals surface area contributed by atoms with Gasteiger partial charge < -0.3 is 9.47 Å². The molecular weight excluding hydrogens is 230 g/mol. The highest BCUT2D eigenvalue weighted by molar-refractivity contribution is 5.86. The predicted molar refractivity (Wildman–Crippen MR) is 72.3 cm³/mol. The summed E-state index contributed by atoms with van der Waals surface area (Å²) in [4.78, 5) is 11.7. The average molecular weight is 251 g/mol. The van der Waals surface area contributed by atoms with Crippen molar-refractivity contribution in [1.82, 2.24) is 0 Å². The van der Waals surface area contributed by atoms with Crippen LogP contribution in [0.15, 0.2) is 12.1 Å². The lowest BCUT2D eigenvalue weighted by molar-refractivity contribution is 0.0636. The van der Waals surface area contributed by atoms with E-state index in [1.54, 1.807) is 7.11 Å². The average Bonchev–Trinajstić information content (AvgIpc) is 2.20. The second-order valence-corrected chi connectivity index (χ2v) is 5.22. The van der Waals surface area contributed by atoms with E-state index in [1.165, 1.54) is 0 Å². The molecule has 0 saturated carbocycles. The van der Waals surface area contributed by atoms with Gasteiger partial charge in [0.1, 0.15) is 11.4 Å². The number of carbonyl (C=O) groups excluding carboxylic acids is 1. The molecule has 0 atom stereocenters. The van der Waals surface area contributed by atoms with Gasteiger partial charge in [-0.2, -0.15) is 0 Å². The van der Waals surface area contributed by atoms with Gasteiger partial charge in [0, 0.05) is 5.56 Å². The van der Waals surface area contributed by atoms with Gasteiger partial charge in [-0.05, 0) is 46.2 Å². The summed E-state index contributed by atoms with van der Waals surface area (Å²) in [5.41, 5.74) is 2.12. The molecule has 0 aliphatic carbocycles. The minimum atomic E-state index is -0.507. The summed E-state index contributed by atoms with van der Waals surface area (Å²) in [5.74, 6) is 0.781. The molecule has 0 spiro atoms. The lowest BCUT2D eigenvalue weighted by Gasteiger charge is -2.20. The summed E-state index contributed by atoms with van der Waals surface area (Å²) in [7, 11) is 1.62. The van der Waals surface area contributed by atoms with Gasteiger partial charge in [0.25, 0.3) is 0 Å². The first kappa shape index (κ1) is 14.4. The highest BCUT2D eigenvalue weighted by Gasteiger charge is 2.17. The number of amides is 1. The third-order valence-electron chi connectivity index (χ3n) is 2.44. The van der Waals surface area contributed by atoms with Gasteiger partial charge in [-0.3, -0.25) is 5.32 Å². The number of benzene rings is 1. The molecule has 18 heavy (non-hydrogen) atoms. The number of ether oxygens (including phenoxy) is 2. The molecule has 4 nitrogen and oxygen atoms in total. The molecule has 0 saturated heterocycles. The van der Waals surface area contributed by atoms with Gasteiger partial charge >= 0.3 is 6.09 Å². The van der Waals surface area contributed by atoms with Crippen molar-refractivity contribution >= 4 is 11.8 Å². The van der Waals surface area contributed by atoms with E-state index in [0.717, 1.165) is 16.9 Å². The van der Waals surface area contributed by atoms with Crippen LogP contribution >= 0.6 is 0 Å². The van der Waals surface area contributed by atoms with E-state index in [2.05, 4.69) is 5.32 Å². The van der Waals surface area contributed by atoms with Crippen molar-refractivity contribution in [2.75, 3.05) is 12.4 Å². The Bertz CT molecular complexity index is 447. The number of aryl methyl sites for hydroxylation is 1. The Morgan fingerprint density at radius 1 is 1.22 bits per heavy atom. The molecule has 1 aromatic carbocycles. The number of methoxy groups -OCH3 is 1. The number of anilines is 1. The van der Waals surface area contributed by atoms with Gasteiger partial charge in [0.2, 0.25) is 0 Å². The van der Waals surface area contributed by atoms with E-state index in [1.807, 2.05) is 46.8 Å². The summed E-state index contributed by atoms with van der Waals surface area (Å²) in [6, 6.07) is 3.75. The maximum Gasteiger partial charge on any atom is 0.412 e. The van der Waals surface area contributed by atoms with Gasteiger partial charge in [0.15, 0.2) is 0 Å². The first-order valence-corrected chi connectivity index (χ1v) is 5.89. The fourth-order valence-electron chi connectivity index (χ4n) is 1.69. The summed E-state index contributed by atoms with van der Waals surface area (Å²) >= 11 is 0. The van der Waals surface area contributed by atoms with Crippen molar-refractivity contribution in [2.24, 2.45) is 0 Å². The van der Waals surface area contributed by atoms with Crippen LogP contribution in [0.2, 0.25) is 0 Å². The van der Waals surface area contributed by atoms with Crippen LogP contribution < -0.4 is 10.1 Å². The Labute approximate surface area is 108 Å². The second-order valence-electron chi connectivity index (χ2n) is 5.22. The fraction of sp³-hybridized carbons (Fsp3) is 0.500. The largest absolute Gasteiger partial charge is 0.496 e. The van der Waals surface area contributed by atoms with Crippen molar-refractivity contribution < 1.29 is 14.3 Å². The summed E-state index contributed by atoms with van der Waals surface area (Å²) in [5, 5.41) is 2.73. The van der Waals surface area contributed by atoms with E-state index in [9.17, 15) is 4.79 Å². The predicted octanol–water partition coefficient (Wildman–Crippen LogP) is 3.66. The van der Waals surface area contributed by atoms with Crippen LogP contribution in [-0.2, 0) is 4.74 Å². The summed E-state index contributed by atoms with van der Waals surface area (Å²) in [6.45, 7) is 9.35. The van der Waals surface area contributed by atoms with Crippen LogP contribution in [0.5, 0.6) is 5.75 Å². The molecule has 0 heterocycles. The van der Waals surface area contributed by atoms with Crippen LogP contribution in [0.25, 0.3) is 0 Å². The first-order valence-electron chi connectivity index (χ1n) is 5.89. The molecule has 100 valence electrons. The molecule has 1 aromatic rings. The van der Waals surface area contributed by atoms with Crippen LogP contribution in [0.3, 0.4) is 0 Å². The summed E-state index contributed by atoms with van der Waals surface area (Å²) < 4.78 is 10.5. The Morgan fingerprint density at radius 3 is 2.33 bits per heavy atom. The smallest absolute Gasteiger partial charge is 0.412 e. The molecule has 1 rings (SSSR count). The quantitative estimate of drug-likeness (QED) is 0.872. The van der Waals surface area contributed by atoms with E-state index in [0.29, 0.717) is 5.69 Å². The molecule has 1 amide bonds. The van der Waals surface area contributed by atoms with Crippen molar-refractivity contribution in [3.05, 3.63) is 23.3 Å². The van der Waals surface area contributed by atoms with Crippen LogP contribution in [-0.4, -0.2) is 18.8 Å². The third-order valence-corrected chi connectivity index (χ3v) is 2.44.